The summed E-state index contributed by atoms with van der Waals surface area (Å²) in [6.07, 6.45) is 2.10. The number of carbonyl (C=O) groups is 3. The Labute approximate surface area is 177 Å². The molecule has 6 nitrogen and oxygen atoms in total. The number of anilines is 1. The number of esters is 1. The fourth-order valence-corrected chi connectivity index (χ4v) is 3.59. The SMILES string of the molecule is CCC[C@H](NC(=O)[C@H](C)OC(=O)c1cccc(N2CCCC2=O)c1)c1ccccc1. The second-order valence-corrected chi connectivity index (χ2v) is 7.51. The van der Waals surface area contributed by atoms with Crippen molar-refractivity contribution in [3.63, 3.8) is 0 Å². The van der Waals surface area contributed by atoms with Crippen LogP contribution < -0.4 is 10.2 Å². The molecular weight excluding hydrogens is 380 g/mol. The first-order valence-electron chi connectivity index (χ1n) is 10.5. The largest absolute Gasteiger partial charge is 0.449 e. The summed E-state index contributed by atoms with van der Waals surface area (Å²) in [6, 6.07) is 16.4. The molecule has 2 atom stereocenters. The van der Waals surface area contributed by atoms with Crippen molar-refractivity contribution in [3.05, 3.63) is 65.7 Å². The number of nitrogens with one attached hydrogen (secondary N) is 1. The average Bonchev–Trinajstić information content (AvgIpc) is 3.20. The molecule has 2 aromatic carbocycles. The van der Waals surface area contributed by atoms with E-state index in [1.165, 1.54) is 0 Å². The van der Waals surface area contributed by atoms with Gasteiger partial charge < -0.3 is 15.0 Å². The van der Waals surface area contributed by atoms with Crippen LogP contribution in [0.3, 0.4) is 0 Å². The predicted octanol–water partition coefficient (Wildman–Crippen LogP) is 4.02. The Morgan fingerprint density at radius 2 is 1.90 bits per heavy atom. The summed E-state index contributed by atoms with van der Waals surface area (Å²) in [7, 11) is 0. The summed E-state index contributed by atoms with van der Waals surface area (Å²) in [5.74, 6) is -0.870. The van der Waals surface area contributed by atoms with Crippen LogP contribution in [0.15, 0.2) is 54.6 Å². The van der Waals surface area contributed by atoms with E-state index in [1.807, 2.05) is 30.3 Å². The maximum atomic E-state index is 12.6. The zero-order valence-electron chi connectivity index (χ0n) is 17.5. The standard InChI is InChI=1S/C24H28N2O4/c1-3-9-21(18-10-5-4-6-11-18)25-23(28)17(2)30-24(29)19-12-7-13-20(16-19)26-15-8-14-22(26)27/h4-7,10-13,16-17,21H,3,8-9,14-15H2,1-2H3,(H,25,28)/t17-,21-/m0/s1. The van der Waals surface area contributed by atoms with Gasteiger partial charge in [0, 0.05) is 18.7 Å². The number of rotatable bonds is 8. The molecule has 1 N–H and O–H groups in total. The molecule has 0 aromatic heterocycles. The molecule has 30 heavy (non-hydrogen) atoms. The van der Waals surface area contributed by atoms with E-state index in [4.69, 9.17) is 4.74 Å². The Morgan fingerprint density at radius 3 is 2.57 bits per heavy atom. The van der Waals surface area contributed by atoms with Gasteiger partial charge in [0.2, 0.25) is 5.91 Å². The molecule has 1 heterocycles. The predicted molar refractivity (Wildman–Crippen MR) is 115 cm³/mol. The molecule has 0 radical (unpaired) electrons. The molecule has 0 aliphatic carbocycles. The number of amides is 2. The lowest BCUT2D eigenvalue weighted by molar-refractivity contribution is -0.130. The van der Waals surface area contributed by atoms with Crippen molar-refractivity contribution >= 4 is 23.5 Å². The molecule has 3 rings (SSSR count). The Bertz CT molecular complexity index is 897. The third kappa shape index (κ3) is 5.26. The summed E-state index contributed by atoms with van der Waals surface area (Å²) < 4.78 is 5.40. The monoisotopic (exact) mass is 408 g/mol. The van der Waals surface area contributed by atoms with Crippen LogP contribution in [-0.2, 0) is 14.3 Å². The van der Waals surface area contributed by atoms with Gasteiger partial charge >= 0.3 is 5.97 Å². The van der Waals surface area contributed by atoms with Gasteiger partial charge in [-0.05, 0) is 43.5 Å². The molecule has 0 bridgehead atoms. The molecule has 1 saturated heterocycles. The van der Waals surface area contributed by atoms with Gasteiger partial charge in [-0.15, -0.1) is 0 Å². The van der Waals surface area contributed by atoms with Crippen molar-refractivity contribution in [1.82, 2.24) is 5.32 Å². The third-order valence-corrected chi connectivity index (χ3v) is 5.22. The van der Waals surface area contributed by atoms with Gasteiger partial charge in [0.25, 0.3) is 5.91 Å². The number of hydrogen-bond acceptors (Lipinski definition) is 4. The molecule has 1 fully saturated rings. The van der Waals surface area contributed by atoms with Crippen molar-refractivity contribution in [2.24, 2.45) is 0 Å². The first kappa shape index (κ1) is 21.6. The lowest BCUT2D eigenvalue weighted by Crippen LogP contribution is -2.38. The van der Waals surface area contributed by atoms with E-state index < -0.39 is 12.1 Å². The Hall–Kier alpha value is -3.15. The Kier molecular flexibility index (Phi) is 7.22. The average molecular weight is 408 g/mol. The molecule has 2 amide bonds. The molecule has 158 valence electrons. The minimum Gasteiger partial charge on any atom is -0.449 e. The van der Waals surface area contributed by atoms with Crippen LogP contribution in [0.4, 0.5) is 5.69 Å². The van der Waals surface area contributed by atoms with E-state index >= 15 is 0 Å². The lowest BCUT2D eigenvalue weighted by Gasteiger charge is -2.21. The normalized spacial score (nSPS) is 15.5. The fourth-order valence-electron chi connectivity index (χ4n) is 3.59. The van der Waals surface area contributed by atoms with Gasteiger partial charge in [0.1, 0.15) is 0 Å². The second-order valence-electron chi connectivity index (χ2n) is 7.51. The van der Waals surface area contributed by atoms with E-state index in [-0.39, 0.29) is 17.9 Å². The van der Waals surface area contributed by atoms with Crippen LogP contribution in [0.5, 0.6) is 0 Å². The molecule has 0 unspecified atom stereocenters. The highest BCUT2D eigenvalue weighted by molar-refractivity contribution is 5.98. The lowest BCUT2D eigenvalue weighted by atomic mass is 10.0. The van der Waals surface area contributed by atoms with Gasteiger partial charge in [0.05, 0.1) is 11.6 Å². The van der Waals surface area contributed by atoms with E-state index in [0.29, 0.717) is 24.2 Å². The number of benzene rings is 2. The van der Waals surface area contributed by atoms with Crippen LogP contribution in [0, 0.1) is 0 Å². The highest BCUT2D eigenvalue weighted by atomic mass is 16.5. The first-order valence-corrected chi connectivity index (χ1v) is 10.5. The molecule has 0 spiro atoms. The number of carbonyl (C=O) groups excluding carboxylic acids is 3. The molecule has 1 aliphatic rings. The van der Waals surface area contributed by atoms with Crippen molar-refractivity contribution in [2.45, 2.75) is 51.7 Å². The molecule has 0 saturated carbocycles. The number of hydrogen-bond donors (Lipinski definition) is 1. The highest BCUT2D eigenvalue weighted by Crippen LogP contribution is 2.23. The van der Waals surface area contributed by atoms with Crippen LogP contribution in [0.1, 0.15) is 61.5 Å². The quantitative estimate of drug-likeness (QED) is 0.670. The maximum Gasteiger partial charge on any atom is 0.338 e. The third-order valence-electron chi connectivity index (χ3n) is 5.22. The summed E-state index contributed by atoms with van der Waals surface area (Å²) in [6.45, 7) is 4.27. The first-order chi connectivity index (χ1) is 14.5. The topological polar surface area (TPSA) is 75.7 Å². The van der Waals surface area contributed by atoms with Gasteiger partial charge in [-0.2, -0.15) is 0 Å². The summed E-state index contributed by atoms with van der Waals surface area (Å²) >= 11 is 0. The zero-order valence-corrected chi connectivity index (χ0v) is 17.5. The Balaban J connectivity index is 1.63. The Morgan fingerprint density at radius 1 is 1.13 bits per heavy atom. The van der Waals surface area contributed by atoms with E-state index in [2.05, 4.69) is 12.2 Å². The molecule has 6 heteroatoms. The van der Waals surface area contributed by atoms with E-state index in [9.17, 15) is 14.4 Å². The van der Waals surface area contributed by atoms with Crippen LogP contribution in [-0.4, -0.2) is 30.4 Å². The van der Waals surface area contributed by atoms with Gasteiger partial charge in [-0.25, -0.2) is 4.79 Å². The van der Waals surface area contributed by atoms with Crippen molar-refractivity contribution in [3.8, 4) is 0 Å². The van der Waals surface area contributed by atoms with Crippen LogP contribution in [0.2, 0.25) is 0 Å². The second kappa shape index (κ2) is 10.1. The van der Waals surface area contributed by atoms with Gasteiger partial charge in [-0.1, -0.05) is 49.7 Å². The fraction of sp³-hybridized carbons (Fsp3) is 0.375. The van der Waals surface area contributed by atoms with Crippen molar-refractivity contribution < 1.29 is 19.1 Å². The zero-order chi connectivity index (χ0) is 21.5. The smallest absolute Gasteiger partial charge is 0.338 e. The molecule has 1 aliphatic heterocycles. The summed E-state index contributed by atoms with van der Waals surface area (Å²) in [5, 5.41) is 2.98. The van der Waals surface area contributed by atoms with Crippen molar-refractivity contribution in [2.75, 3.05) is 11.4 Å². The summed E-state index contributed by atoms with van der Waals surface area (Å²) in [5.41, 5.74) is 2.02. The van der Waals surface area contributed by atoms with Gasteiger partial charge in [-0.3, -0.25) is 9.59 Å². The minimum absolute atomic E-state index is 0.0520. The number of ether oxygens (including phenoxy) is 1. The maximum absolute atomic E-state index is 12.6. The highest BCUT2D eigenvalue weighted by Gasteiger charge is 2.25. The molecular formula is C24H28N2O4. The van der Waals surface area contributed by atoms with Crippen molar-refractivity contribution in [1.29, 1.82) is 0 Å². The minimum atomic E-state index is -0.933. The van der Waals surface area contributed by atoms with Crippen LogP contribution >= 0.6 is 0 Å². The van der Waals surface area contributed by atoms with E-state index in [0.717, 1.165) is 24.8 Å². The summed E-state index contributed by atoms with van der Waals surface area (Å²) in [4.78, 5) is 38.9. The van der Waals surface area contributed by atoms with Crippen LogP contribution in [0.25, 0.3) is 0 Å². The van der Waals surface area contributed by atoms with E-state index in [1.54, 1.807) is 36.1 Å². The van der Waals surface area contributed by atoms with Gasteiger partial charge in [0.15, 0.2) is 6.10 Å². The molecule has 2 aromatic rings. The number of nitrogens with zero attached hydrogens (tertiary/aromatic N) is 1.